The van der Waals surface area contributed by atoms with Crippen LogP contribution in [0, 0.1) is 41.0 Å². The molecule has 0 rings (SSSR count). The molecule has 6 nitrogen and oxygen atoms in total. The van der Waals surface area contributed by atoms with Gasteiger partial charge in [-0.2, -0.15) is 0 Å². The van der Waals surface area contributed by atoms with Gasteiger partial charge in [0, 0.05) is 5.41 Å². The fourth-order valence-electron chi connectivity index (χ4n) is 1.54. The predicted molar refractivity (Wildman–Crippen MR) is 68.1 cm³/mol. The van der Waals surface area contributed by atoms with E-state index < -0.39 is 11.0 Å². The van der Waals surface area contributed by atoms with Gasteiger partial charge >= 0.3 is 0 Å². The molecule has 0 atom stereocenters. The summed E-state index contributed by atoms with van der Waals surface area (Å²) < 4.78 is 28.6. The quantitative estimate of drug-likeness (QED) is 0.506. The molecule has 0 saturated heterocycles. The Labute approximate surface area is 122 Å². The molecule has 0 aromatic rings. The van der Waals surface area contributed by atoms with Crippen molar-refractivity contribution in [3.63, 3.8) is 0 Å². The zero-order valence-corrected chi connectivity index (χ0v) is 11.6. The Kier molecular flexibility index (Phi) is 10.4. The van der Waals surface area contributed by atoms with Crippen molar-refractivity contribution >= 4 is 0 Å². The lowest BCUT2D eigenvalue weighted by Gasteiger charge is -2.33. The molecule has 10 radical (unpaired) electrons. The van der Waals surface area contributed by atoms with Crippen LogP contribution in [0.3, 0.4) is 0 Å². The van der Waals surface area contributed by atoms with Gasteiger partial charge in [0.25, 0.3) is 0 Å². The van der Waals surface area contributed by atoms with Crippen molar-refractivity contribution in [3.8, 4) is 0 Å². The zero-order valence-electron chi connectivity index (χ0n) is 11.6. The molecular weight excluding hydrogens is 264 g/mol. The molecular formula is C14H20O6. The molecule has 0 amide bonds. The number of rotatable bonds is 13. The van der Waals surface area contributed by atoms with Crippen molar-refractivity contribution in [1.29, 1.82) is 0 Å². The Hall–Kier alpha value is -0.240. The molecule has 112 valence electrons. The maximum Gasteiger partial charge on any atom is 0.138 e. The van der Waals surface area contributed by atoms with Crippen LogP contribution in [0.5, 0.6) is 0 Å². The van der Waals surface area contributed by atoms with Gasteiger partial charge in [-0.05, 0) is 0 Å². The predicted octanol–water partition coefficient (Wildman–Crippen LogP) is 1.17. The van der Waals surface area contributed by atoms with Gasteiger partial charge in [-0.25, -0.2) is 0 Å². The summed E-state index contributed by atoms with van der Waals surface area (Å²) >= 11 is 0. The molecule has 0 aromatic heterocycles. The van der Waals surface area contributed by atoms with Gasteiger partial charge in [0.1, 0.15) is 41.2 Å². The summed E-state index contributed by atoms with van der Waals surface area (Å²) in [6, 6.07) is 0. The molecule has 0 aromatic carbocycles. The molecule has 0 unspecified atom stereocenters. The lowest BCUT2D eigenvalue weighted by Crippen LogP contribution is -2.46. The van der Waals surface area contributed by atoms with E-state index in [1.54, 1.807) is 0 Å². The molecule has 0 aliphatic heterocycles. The Morgan fingerprint density at radius 2 is 1.10 bits per heavy atom. The van der Waals surface area contributed by atoms with E-state index >= 15 is 0 Å². The molecule has 0 N–H and O–H groups in total. The van der Waals surface area contributed by atoms with Crippen LogP contribution in [0.4, 0.5) is 0 Å². The van der Waals surface area contributed by atoms with Crippen LogP contribution in [-0.4, -0.2) is 45.2 Å². The van der Waals surface area contributed by atoms with Gasteiger partial charge < -0.3 is 28.4 Å². The molecule has 0 aliphatic carbocycles. The second kappa shape index (κ2) is 10.5. The van der Waals surface area contributed by atoms with E-state index in [0.717, 1.165) is 0 Å². The third-order valence-corrected chi connectivity index (χ3v) is 2.62. The van der Waals surface area contributed by atoms with E-state index in [4.69, 9.17) is 45.0 Å². The summed E-state index contributed by atoms with van der Waals surface area (Å²) in [4.78, 5) is 0. The van der Waals surface area contributed by atoms with Crippen molar-refractivity contribution < 1.29 is 28.4 Å². The van der Waals surface area contributed by atoms with Crippen LogP contribution in [0.25, 0.3) is 0 Å². The summed E-state index contributed by atoms with van der Waals surface area (Å²) in [6.45, 7) is 2.26. The topological polar surface area (TPSA) is 55.4 Å². The minimum atomic E-state index is -1.13. The third kappa shape index (κ3) is 6.97. The molecule has 0 spiro atoms. The maximum atomic E-state index is 5.52. The fraction of sp³-hybridized carbons (Fsp3) is 0.643. The van der Waals surface area contributed by atoms with Crippen molar-refractivity contribution in [2.75, 3.05) is 39.6 Å². The molecule has 6 heteroatoms. The van der Waals surface area contributed by atoms with Crippen molar-refractivity contribution in [3.05, 3.63) is 35.5 Å². The summed E-state index contributed by atoms with van der Waals surface area (Å²) in [5.74, 6) is 0. The molecule has 0 saturated carbocycles. The van der Waals surface area contributed by atoms with Crippen LogP contribution >= 0.6 is 0 Å². The average molecular weight is 284 g/mol. The largest absolute Gasteiger partial charge is 0.378 e. The Balaban J connectivity index is 4.45. The molecule has 0 aliphatic rings. The maximum absolute atomic E-state index is 5.52. The minimum absolute atomic E-state index is 0.0165. The van der Waals surface area contributed by atoms with Gasteiger partial charge in [0.15, 0.2) is 0 Å². The Morgan fingerprint density at radius 1 is 0.650 bits per heavy atom. The van der Waals surface area contributed by atoms with E-state index in [9.17, 15) is 0 Å². The Bertz CT molecular complexity index is 222. The van der Waals surface area contributed by atoms with Gasteiger partial charge in [-0.3, -0.25) is 0 Å². The van der Waals surface area contributed by atoms with E-state index in [2.05, 4.69) is 18.9 Å². The lowest BCUT2D eigenvalue weighted by molar-refractivity contribution is -0.134. The fourth-order valence-corrected chi connectivity index (χ4v) is 1.54. The standard InChI is InChI=1S/C14H20O6/c1-13(7-15-2,8-16-3)9-20-12-14(19-6,10-17-4)11-18-5/h2-6H,7-12H2,1H3. The van der Waals surface area contributed by atoms with Crippen LogP contribution in [0.2, 0.25) is 0 Å². The molecule has 0 bridgehead atoms. The highest BCUT2D eigenvalue weighted by atomic mass is 16.6. The Morgan fingerprint density at radius 3 is 1.45 bits per heavy atom. The van der Waals surface area contributed by atoms with E-state index in [1.807, 2.05) is 6.92 Å². The summed E-state index contributed by atoms with van der Waals surface area (Å²) in [5.41, 5.74) is -1.67. The minimum Gasteiger partial charge on any atom is -0.378 e. The van der Waals surface area contributed by atoms with Crippen LogP contribution < -0.4 is 0 Å². The molecule has 20 heavy (non-hydrogen) atoms. The zero-order chi connectivity index (χ0) is 15.5. The SMILES string of the molecule is [CH]OCC(C)(CO[CH])COCC(CO[CH])(CO[CH])O[CH]. The monoisotopic (exact) mass is 284 g/mol. The first-order valence-electron chi connectivity index (χ1n) is 5.74. The number of ether oxygens (including phenoxy) is 6. The first kappa shape index (κ1) is 19.8. The van der Waals surface area contributed by atoms with Crippen LogP contribution in [0.15, 0.2) is 0 Å². The molecule has 0 heterocycles. The van der Waals surface area contributed by atoms with Gasteiger partial charge in [-0.1, -0.05) is 6.92 Å². The van der Waals surface area contributed by atoms with E-state index in [-0.39, 0.29) is 39.6 Å². The normalized spacial score (nSPS) is 12.9. The third-order valence-electron chi connectivity index (χ3n) is 2.62. The van der Waals surface area contributed by atoms with Crippen molar-refractivity contribution in [2.24, 2.45) is 5.41 Å². The van der Waals surface area contributed by atoms with Crippen molar-refractivity contribution in [2.45, 2.75) is 12.5 Å². The highest BCUT2D eigenvalue weighted by molar-refractivity contribution is 4.82. The van der Waals surface area contributed by atoms with Crippen molar-refractivity contribution in [1.82, 2.24) is 0 Å². The summed E-state index contributed by atoms with van der Waals surface area (Å²) in [6.07, 6.45) is 0. The smallest absolute Gasteiger partial charge is 0.138 e. The highest BCUT2D eigenvalue weighted by Gasteiger charge is 2.33. The summed E-state index contributed by atoms with van der Waals surface area (Å²) in [5, 5.41) is 0. The summed E-state index contributed by atoms with van der Waals surface area (Å²) in [7, 11) is 25.3. The number of hydrogen-bond donors (Lipinski definition) is 0. The van der Waals surface area contributed by atoms with Gasteiger partial charge in [-0.15, -0.1) is 0 Å². The van der Waals surface area contributed by atoms with Crippen LogP contribution in [0.1, 0.15) is 6.92 Å². The van der Waals surface area contributed by atoms with Gasteiger partial charge in [0.2, 0.25) is 0 Å². The van der Waals surface area contributed by atoms with E-state index in [1.165, 1.54) is 0 Å². The average Bonchev–Trinajstić information content (AvgIpc) is 2.39. The van der Waals surface area contributed by atoms with Gasteiger partial charge in [0.05, 0.1) is 39.6 Å². The first-order valence-corrected chi connectivity index (χ1v) is 5.74. The van der Waals surface area contributed by atoms with Crippen LogP contribution in [-0.2, 0) is 28.4 Å². The number of hydrogen-bond acceptors (Lipinski definition) is 6. The second-order valence-electron chi connectivity index (χ2n) is 4.85. The first-order chi connectivity index (χ1) is 9.51. The van der Waals surface area contributed by atoms with E-state index in [0.29, 0.717) is 0 Å². The lowest BCUT2D eigenvalue weighted by atomic mass is 9.94. The molecule has 0 fully saturated rings. The highest BCUT2D eigenvalue weighted by Crippen LogP contribution is 2.20. The second-order valence-corrected chi connectivity index (χ2v) is 4.85.